The van der Waals surface area contributed by atoms with Crippen LogP contribution >= 0.6 is 0 Å². The van der Waals surface area contributed by atoms with Crippen molar-refractivity contribution >= 4 is 10.8 Å². The van der Waals surface area contributed by atoms with Crippen LogP contribution in [0.25, 0.3) is 22.0 Å². The molecular formula is C19H23N3. The Morgan fingerprint density at radius 2 is 1.68 bits per heavy atom. The summed E-state index contributed by atoms with van der Waals surface area (Å²) < 4.78 is 1.89. The van der Waals surface area contributed by atoms with Crippen LogP contribution in [-0.4, -0.2) is 15.0 Å². The van der Waals surface area contributed by atoms with Gasteiger partial charge in [-0.05, 0) is 41.7 Å². The van der Waals surface area contributed by atoms with Crippen molar-refractivity contribution in [3.8, 4) is 11.3 Å². The van der Waals surface area contributed by atoms with Crippen molar-refractivity contribution in [3.05, 3.63) is 48.2 Å². The summed E-state index contributed by atoms with van der Waals surface area (Å²) >= 11 is 0. The Morgan fingerprint density at radius 1 is 0.955 bits per heavy atom. The molecule has 0 fully saturated rings. The van der Waals surface area contributed by atoms with E-state index in [1.54, 1.807) is 0 Å². The second kappa shape index (κ2) is 5.24. The van der Waals surface area contributed by atoms with Gasteiger partial charge in [0.2, 0.25) is 0 Å². The molecule has 0 aliphatic carbocycles. The van der Waals surface area contributed by atoms with Crippen LogP contribution in [-0.2, 0) is 5.41 Å². The van der Waals surface area contributed by atoms with Gasteiger partial charge in [0.1, 0.15) is 5.69 Å². The third-order valence-electron chi connectivity index (χ3n) is 4.04. The van der Waals surface area contributed by atoms with Crippen LogP contribution in [0.4, 0.5) is 0 Å². The van der Waals surface area contributed by atoms with Crippen molar-refractivity contribution in [2.24, 2.45) is 0 Å². The Hall–Kier alpha value is -2.16. The Balaban J connectivity index is 2.07. The molecule has 0 unspecified atom stereocenters. The van der Waals surface area contributed by atoms with Gasteiger partial charge in [-0.3, -0.25) is 0 Å². The third-order valence-corrected chi connectivity index (χ3v) is 4.04. The number of aromatic nitrogens is 3. The molecule has 1 aromatic heterocycles. The zero-order chi connectivity index (χ0) is 15.9. The van der Waals surface area contributed by atoms with E-state index in [0.717, 1.165) is 11.3 Å². The van der Waals surface area contributed by atoms with E-state index in [-0.39, 0.29) is 5.41 Å². The second-order valence-corrected chi connectivity index (χ2v) is 7.20. The van der Waals surface area contributed by atoms with Gasteiger partial charge in [0, 0.05) is 11.6 Å². The summed E-state index contributed by atoms with van der Waals surface area (Å²) in [6.45, 7) is 10.9. The quantitative estimate of drug-likeness (QED) is 0.667. The number of fused-ring (bicyclic) bond motifs is 1. The van der Waals surface area contributed by atoms with Crippen LogP contribution in [0, 0.1) is 0 Å². The van der Waals surface area contributed by atoms with Gasteiger partial charge in [0.15, 0.2) is 0 Å². The normalized spacial score (nSPS) is 12.3. The van der Waals surface area contributed by atoms with Gasteiger partial charge in [-0.1, -0.05) is 56.3 Å². The van der Waals surface area contributed by atoms with Crippen molar-refractivity contribution in [1.29, 1.82) is 0 Å². The highest BCUT2D eigenvalue weighted by Crippen LogP contribution is 2.28. The lowest BCUT2D eigenvalue weighted by atomic mass is 9.86. The summed E-state index contributed by atoms with van der Waals surface area (Å²) in [6.07, 6.45) is 2.01. The predicted octanol–water partition coefficient (Wildman–Crippen LogP) is 4.98. The lowest BCUT2D eigenvalue weighted by molar-refractivity contribution is 0.514. The lowest BCUT2D eigenvalue weighted by Gasteiger charge is -2.19. The first-order valence-electron chi connectivity index (χ1n) is 7.81. The summed E-state index contributed by atoms with van der Waals surface area (Å²) in [6, 6.07) is 13.5. The fraction of sp³-hybridized carbons (Fsp3) is 0.368. The van der Waals surface area contributed by atoms with Gasteiger partial charge in [-0.25, -0.2) is 4.68 Å². The molecule has 0 N–H and O–H groups in total. The maximum Gasteiger partial charge on any atom is 0.113 e. The van der Waals surface area contributed by atoms with Crippen LogP contribution in [0.2, 0.25) is 0 Å². The van der Waals surface area contributed by atoms with E-state index >= 15 is 0 Å². The third kappa shape index (κ3) is 2.76. The first kappa shape index (κ1) is 14.8. The molecule has 0 aliphatic heterocycles. The minimum absolute atomic E-state index is 0.158. The van der Waals surface area contributed by atoms with Crippen LogP contribution < -0.4 is 0 Å². The first-order chi connectivity index (χ1) is 10.3. The maximum absolute atomic E-state index is 4.30. The van der Waals surface area contributed by atoms with Gasteiger partial charge in [0.05, 0.1) is 6.20 Å². The highest BCUT2D eigenvalue weighted by atomic mass is 15.4. The molecule has 22 heavy (non-hydrogen) atoms. The molecule has 0 amide bonds. The van der Waals surface area contributed by atoms with Crippen molar-refractivity contribution < 1.29 is 0 Å². The van der Waals surface area contributed by atoms with Gasteiger partial charge in [-0.15, -0.1) is 5.10 Å². The van der Waals surface area contributed by atoms with Crippen molar-refractivity contribution in [2.75, 3.05) is 0 Å². The van der Waals surface area contributed by atoms with E-state index < -0.39 is 0 Å². The molecule has 0 spiro atoms. The molecule has 2 aromatic carbocycles. The van der Waals surface area contributed by atoms with Crippen LogP contribution in [0.15, 0.2) is 42.6 Å². The van der Waals surface area contributed by atoms with E-state index in [1.165, 1.54) is 16.3 Å². The van der Waals surface area contributed by atoms with Gasteiger partial charge in [-0.2, -0.15) is 0 Å². The molecule has 0 atom stereocenters. The molecule has 0 bridgehead atoms. The summed E-state index contributed by atoms with van der Waals surface area (Å²) in [5.41, 5.74) is 3.55. The minimum atomic E-state index is 0.158. The van der Waals surface area contributed by atoms with Crippen LogP contribution in [0.1, 0.15) is 46.2 Å². The Kier molecular flexibility index (Phi) is 3.51. The van der Waals surface area contributed by atoms with E-state index in [9.17, 15) is 0 Å². The van der Waals surface area contributed by atoms with Gasteiger partial charge >= 0.3 is 0 Å². The number of hydrogen-bond donors (Lipinski definition) is 0. The largest absolute Gasteiger partial charge is 0.249 e. The molecule has 0 radical (unpaired) electrons. The molecule has 3 aromatic rings. The minimum Gasteiger partial charge on any atom is -0.249 e. The van der Waals surface area contributed by atoms with E-state index in [4.69, 9.17) is 0 Å². The molecule has 0 saturated carbocycles. The molecule has 3 rings (SSSR count). The highest BCUT2D eigenvalue weighted by molar-refractivity contribution is 5.87. The molecule has 0 aliphatic rings. The molecule has 1 heterocycles. The number of benzene rings is 2. The molecule has 3 heteroatoms. The predicted molar refractivity (Wildman–Crippen MR) is 92.0 cm³/mol. The summed E-state index contributed by atoms with van der Waals surface area (Å²) in [5, 5.41) is 11.0. The van der Waals surface area contributed by atoms with Crippen LogP contribution in [0.3, 0.4) is 0 Å². The van der Waals surface area contributed by atoms with Crippen molar-refractivity contribution in [1.82, 2.24) is 15.0 Å². The van der Waals surface area contributed by atoms with E-state index in [1.807, 2.05) is 10.9 Å². The SMILES string of the molecule is CC(C)n1cc(-c2ccc3ccc(C(C)(C)C)cc3c2)nn1. The average molecular weight is 293 g/mol. The van der Waals surface area contributed by atoms with Crippen molar-refractivity contribution in [2.45, 2.75) is 46.1 Å². The molecule has 114 valence electrons. The Bertz CT molecular complexity index is 807. The highest BCUT2D eigenvalue weighted by Gasteiger charge is 2.14. The fourth-order valence-electron chi connectivity index (χ4n) is 2.53. The number of nitrogens with zero attached hydrogens (tertiary/aromatic N) is 3. The average Bonchev–Trinajstić information content (AvgIpc) is 2.95. The van der Waals surface area contributed by atoms with Crippen molar-refractivity contribution in [3.63, 3.8) is 0 Å². The Morgan fingerprint density at radius 3 is 2.32 bits per heavy atom. The topological polar surface area (TPSA) is 30.7 Å². The molecular weight excluding hydrogens is 270 g/mol. The van der Waals surface area contributed by atoms with Gasteiger partial charge < -0.3 is 0 Å². The number of hydrogen-bond acceptors (Lipinski definition) is 2. The van der Waals surface area contributed by atoms with E-state index in [0.29, 0.717) is 6.04 Å². The van der Waals surface area contributed by atoms with Gasteiger partial charge in [0.25, 0.3) is 0 Å². The standard InChI is InChI=1S/C19H23N3/c1-13(2)22-12-18(20-21-22)15-7-6-14-8-9-17(19(3,4)5)11-16(14)10-15/h6-13H,1-5H3. The molecule has 0 saturated heterocycles. The lowest BCUT2D eigenvalue weighted by Crippen LogP contribution is -2.10. The zero-order valence-corrected chi connectivity index (χ0v) is 14.0. The first-order valence-corrected chi connectivity index (χ1v) is 7.81. The number of rotatable bonds is 2. The summed E-state index contributed by atoms with van der Waals surface area (Å²) in [7, 11) is 0. The monoisotopic (exact) mass is 293 g/mol. The van der Waals surface area contributed by atoms with Crippen LogP contribution in [0.5, 0.6) is 0 Å². The van der Waals surface area contributed by atoms with E-state index in [2.05, 4.69) is 81.3 Å². The Labute approximate surface area is 132 Å². The zero-order valence-electron chi connectivity index (χ0n) is 14.0. The fourth-order valence-corrected chi connectivity index (χ4v) is 2.53. The summed E-state index contributed by atoms with van der Waals surface area (Å²) in [4.78, 5) is 0. The second-order valence-electron chi connectivity index (χ2n) is 7.20. The molecule has 3 nitrogen and oxygen atoms in total. The summed E-state index contributed by atoms with van der Waals surface area (Å²) in [5.74, 6) is 0. The smallest absolute Gasteiger partial charge is 0.113 e. The maximum atomic E-state index is 4.30.